The first-order chi connectivity index (χ1) is 8.88. The molecular formula is C16H15NO. The van der Waals surface area contributed by atoms with Gasteiger partial charge in [0.2, 0.25) is 0 Å². The van der Waals surface area contributed by atoms with Gasteiger partial charge in [0.1, 0.15) is 11.9 Å². The number of fused-ring (bicyclic) bond motifs is 1. The number of hydrogen-bond donors (Lipinski definition) is 0. The molecule has 0 bridgehead atoms. The van der Waals surface area contributed by atoms with Crippen molar-refractivity contribution >= 4 is 10.8 Å². The lowest BCUT2D eigenvalue weighted by Gasteiger charge is -2.17. The maximum Gasteiger partial charge on any atom is 0.127 e. The molecule has 0 saturated heterocycles. The SMILES string of the molecule is N#CC1CCCC1Oc1cccc2ccccc12. The maximum atomic E-state index is 9.10. The van der Waals surface area contributed by atoms with Gasteiger partial charge in [-0.05, 0) is 30.7 Å². The zero-order chi connectivity index (χ0) is 12.4. The summed E-state index contributed by atoms with van der Waals surface area (Å²) >= 11 is 0. The second kappa shape index (κ2) is 4.70. The Morgan fingerprint density at radius 2 is 1.89 bits per heavy atom. The van der Waals surface area contributed by atoms with E-state index in [1.807, 2.05) is 24.3 Å². The zero-order valence-electron chi connectivity index (χ0n) is 10.2. The minimum atomic E-state index is 0.0453. The molecule has 2 unspecified atom stereocenters. The average Bonchev–Trinajstić information content (AvgIpc) is 2.86. The number of ether oxygens (including phenoxy) is 1. The second-order valence-corrected chi connectivity index (χ2v) is 4.80. The van der Waals surface area contributed by atoms with Crippen LogP contribution in [0.2, 0.25) is 0 Å². The third kappa shape index (κ3) is 1.93. The Morgan fingerprint density at radius 1 is 1.06 bits per heavy atom. The van der Waals surface area contributed by atoms with Crippen LogP contribution in [-0.4, -0.2) is 6.10 Å². The monoisotopic (exact) mass is 237 g/mol. The van der Waals surface area contributed by atoms with E-state index in [0.717, 1.165) is 30.4 Å². The summed E-state index contributed by atoms with van der Waals surface area (Å²) in [6, 6.07) is 16.6. The summed E-state index contributed by atoms with van der Waals surface area (Å²) in [6.07, 6.45) is 3.10. The number of hydrogen-bond acceptors (Lipinski definition) is 2. The molecule has 90 valence electrons. The Bertz CT molecular complexity index is 594. The van der Waals surface area contributed by atoms with Crippen molar-refractivity contribution in [3.05, 3.63) is 42.5 Å². The summed E-state index contributed by atoms with van der Waals surface area (Å²) in [5.41, 5.74) is 0. The van der Waals surface area contributed by atoms with E-state index in [2.05, 4.69) is 24.3 Å². The van der Waals surface area contributed by atoms with Crippen LogP contribution in [0.3, 0.4) is 0 Å². The van der Waals surface area contributed by atoms with Gasteiger partial charge in [-0.15, -0.1) is 0 Å². The quantitative estimate of drug-likeness (QED) is 0.793. The highest BCUT2D eigenvalue weighted by Gasteiger charge is 2.29. The lowest BCUT2D eigenvalue weighted by atomic mass is 10.1. The van der Waals surface area contributed by atoms with Crippen molar-refractivity contribution in [2.75, 3.05) is 0 Å². The van der Waals surface area contributed by atoms with Crippen molar-refractivity contribution in [3.63, 3.8) is 0 Å². The summed E-state index contributed by atoms with van der Waals surface area (Å²) in [7, 11) is 0. The lowest BCUT2D eigenvalue weighted by Crippen LogP contribution is -2.20. The van der Waals surface area contributed by atoms with E-state index in [9.17, 15) is 0 Å². The third-order valence-corrected chi connectivity index (χ3v) is 3.65. The Kier molecular flexibility index (Phi) is 2.90. The minimum absolute atomic E-state index is 0.0453. The summed E-state index contributed by atoms with van der Waals surface area (Å²) in [5, 5.41) is 11.4. The Morgan fingerprint density at radius 3 is 2.78 bits per heavy atom. The molecule has 0 spiro atoms. The van der Waals surface area contributed by atoms with Gasteiger partial charge in [0.15, 0.2) is 0 Å². The van der Waals surface area contributed by atoms with Crippen molar-refractivity contribution in [2.24, 2.45) is 5.92 Å². The number of nitrogens with zero attached hydrogens (tertiary/aromatic N) is 1. The second-order valence-electron chi connectivity index (χ2n) is 4.80. The van der Waals surface area contributed by atoms with Crippen LogP contribution in [-0.2, 0) is 0 Å². The van der Waals surface area contributed by atoms with Gasteiger partial charge in [0.05, 0.1) is 12.0 Å². The molecule has 2 heteroatoms. The standard InChI is InChI=1S/C16H15NO/c17-11-13-7-4-9-15(13)18-16-10-3-6-12-5-1-2-8-14(12)16/h1-3,5-6,8,10,13,15H,4,7,9H2. The predicted molar refractivity (Wildman–Crippen MR) is 71.3 cm³/mol. The molecule has 0 radical (unpaired) electrons. The van der Waals surface area contributed by atoms with Crippen LogP contribution in [0.1, 0.15) is 19.3 Å². The normalized spacial score (nSPS) is 22.8. The van der Waals surface area contributed by atoms with Crippen LogP contribution in [0.5, 0.6) is 5.75 Å². The maximum absolute atomic E-state index is 9.10. The summed E-state index contributed by atoms with van der Waals surface area (Å²) in [6.45, 7) is 0. The van der Waals surface area contributed by atoms with Gasteiger partial charge in [-0.3, -0.25) is 0 Å². The molecule has 3 rings (SSSR count). The molecule has 0 amide bonds. The molecule has 18 heavy (non-hydrogen) atoms. The fourth-order valence-electron chi connectivity index (χ4n) is 2.68. The Hall–Kier alpha value is -2.01. The third-order valence-electron chi connectivity index (χ3n) is 3.65. The van der Waals surface area contributed by atoms with E-state index < -0.39 is 0 Å². The van der Waals surface area contributed by atoms with E-state index in [4.69, 9.17) is 10.00 Å². The van der Waals surface area contributed by atoms with Crippen LogP contribution < -0.4 is 4.74 Å². The Balaban J connectivity index is 1.93. The molecule has 2 aromatic carbocycles. The predicted octanol–water partition coefficient (Wildman–Crippen LogP) is 3.91. The Labute approximate surface area is 107 Å². The highest BCUT2D eigenvalue weighted by Crippen LogP contribution is 2.32. The van der Waals surface area contributed by atoms with Gasteiger partial charge in [-0.25, -0.2) is 0 Å². The molecule has 0 aliphatic heterocycles. The van der Waals surface area contributed by atoms with Crippen molar-refractivity contribution < 1.29 is 4.74 Å². The molecule has 1 saturated carbocycles. The van der Waals surface area contributed by atoms with Crippen molar-refractivity contribution in [2.45, 2.75) is 25.4 Å². The van der Waals surface area contributed by atoms with Crippen LogP contribution in [0, 0.1) is 17.2 Å². The molecule has 2 nitrogen and oxygen atoms in total. The first-order valence-corrected chi connectivity index (χ1v) is 6.42. The molecular weight excluding hydrogens is 222 g/mol. The van der Waals surface area contributed by atoms with E-state index in [1.54, 1.807) is 0 Å². The van der Waals surface area contributed by atoms with Crippen molar-refractivity contribution in [1.29, 1.82) is 5.26 Å². The van der Waals surface area contributed by atoms with Crippen LogP contribution in [0.4, 0.5) is 0 Å². The molecule has 2 aromatic rings. The van der Waals surface area contributed by atoms with Gasteiger partial charge in [-0.2, -0.15) is 5.26 Å². The number of benzene rings is 2. The summed E-state index contributed by atoms with van der Waals surface area (Å²) in [5.74, 6) is 0.948. The van der Waals surface area contributed by atoms with Crippen molar-refractivity contribution in [3.8, 4) is 11.8 Å². The first-order valence-electron chi connectivity index (χ1n) is 6.42. The van der Waals surface area contributed by atoms with E-state index in [1.165, 1.54) is 5.39 Å². The fraction of sp³-hybridized carbons (Fsp3) is 0.312. The molecule has 1 aliphatic rings. The summed E-state index contributed by atoms with van der Waals surface area (Å²) in [4.78, 5) is 0. The molecule has 1 fully saturated rings. The molecule has 1 aliphatic carbocycles. The first kappa shape index (κ1) is 11.1. The topological polar surface area (TPSA) is 33.0 Å². The van der Waals surface area contributed by atoms with E-state index >= 15 is 0 Å². The lowest BCUT2D eigenvalue weighted by molar-refractivity contribution is 0.185. The van der Waals surface area contributed by atoms with Gasteiger partial charge >= 0.3 is 0 Å². The van der Waals surface area contributed by atoms with Crippen molar-refractivity contribution in [1.82, 2.24) is 0 Å². The van der Waals surface area contributed by atoms with Gasteiger partial charge in [0.25, 0.3) is 0 Å². The molecule has 0 aromatic heterocycles. The minimum Gasteiger partial charge on any atom is -0.488 e. The number of rotatable bonds is 2. The van der Waals surface area contributed by atoms with Gasteiger partial charge in [-0.1, -0.05) is 36.4 Å². The fourth-order valence-corrected chi connectivity index (χ4v) is 2.68. The highest BCUT2D eigenvalue weighted by molar-refractivity contribution is 5.88. The zero-order valence-corrected chi connectivity index (χ0v) is 10.2. The largest absolute Gasteiger partial charge is 0.488 e. The van der Waals surface area contributed by atoms with Crippen LogP contribution in [0.15, 0.2) is 42.5 Å². The van der Waals surface area contributed by atoms with Crippen LogP contribution >= 0.6 is 0 Å². The van der Waals surface area contributed by atoms with Gasteiger partial charge < -0.3 is 4.74 Å². The number of nitriles is 1. The van der Waals surface area contributed by atoms with E-state index in [0.29, 0.717) is 0 Å². The molecule has 2 atom stereocenters. The van der Waals surface area contributed by atoms with Crippen LogP contribution in [0.25, 0.3) is 10.8 Å². The molecule has 0 N–H and O–H groups in total. The average molecular weight is 237 g/mol. The van der Waals surface area contributed by atoms with E-state index in [-0.39, 0.29) is 12.0 Å². The highest BCUT2D eigenvalue weighted by atomic mass is 16.5. The molecule has 0 heterocycles. The smallest absolute Gasteiger partial charge is 0.127 e. The van der Waals surface area contributed by atoms with Gasteiger partial charge in [0, 0.05) is 5.39 Å². The summed E-state index contributed by atoms with van der Waals surface area (Å²) < 4.78 is 6.07.